The Kier molecular flexibility index (Phi) is 4.56. The largest absolute Gasteiger partial charge is 0.349 e. The van der Waals surface area contributed by atoms with Gasteiger partial charge in [-0.3, -0.25) is 4.79 Å². The van der Waals surface area contributed by atoms with Crippen LogP contribution in [0.1, 0.15) is 36.0 Å². The third kappa shape index (κ3) is 3.42. The molecule has 0 atom stereocenters. The van der Waals surface area contributed by atoms with Crippen LogP contribution in [0.2, 0.25) is 5.02 Å². The Hall–Kier alpha value is -0.850. The van der Waals surface area contributed by atoms with Crippen molar-refractivity contribution in [2.75, 3.05) is 0 Å². The van der Waals surface area contributed by atoms with Crippen molar-refractivity contribution in [3.8, 4) is 0 Å². The van der Waals surface area contributed by atoms with Gasteiger partial charge in [-0.1, -0.05) is 24.4 Å². The van der Waals surface area contributed by atoms with E-state index in [0.29, 0.717) is 0 Å². The summed E-state index contributed by atoms with van der Waals surface area (Å²) in [7, 11) is 0.846. The molecule has 1 amide bonds. The van der Waals surface area contributed by atoms with Crippen molar-refractivity contribution in [1.29, 1.82) is 0 Å². The minimum atomic E-state index is -4.27. The van der Waals surface area contributed by atoms with Crippen LogP contribution in [0, 0.1) is 5.82 Å². The standard InChI is InChI=1S/C12H12Cl2FNO3S/c13-9-6-10(15)11(20(14,18)19)5-8(9)12(17)16-7-3-1-2-4-7/h5-7H,1-4H2,(H,16,17). The van der Waals surface area contributed by atoms with Crippen molar-refractivity contribution in [3.05, 3.63) is 28.5 Å². The highest BCUT2D eigenvalue weighted by Gasteiger charge is 2.24. The Bertz CT molecular complexity index is 642. The van der Waals surface area contributed by atoms with E-state index in [-0.39, 0.29) is 16.6 Å². The van der Waals surface area contributed by atoms with Crippen molar-refractivity contribution in [2.45, 2.75) is 36.6 Å². The molecule has 0 unspecified atom stereocenters. The molecule has 2 rings (SSSR count). The third-order valence-electron chi connectivity index (χ3n) is 3.22. The minimum Gasteiger partial charge on any atom is -0.349 e. The van der Waals surface area contributed by atoms with Gasteiger partial charge in [0.1, 0.15) is 10.7 Å². The summed E-state index contributed by atoms with van der Waals surface area (Å²) in [5, 5.41) is 2.60. The number of halogens is 3. The molecule has 1 aliphatic rings. The molecule has 0 saturated heterocycles. The monoisotopic (exact) mass is 339 g/mol. The normalized spacial score (nSPS) is 16.4. The fraction of sp³-hybridized carbons (Fsp3) is 0.417. The molecular formula is C12H12Cl2FNO3S. The zero-order valence-electron chi connectivity index (χ0n) is 10.3. The number of hydrogen-bond acceptors (Lipinski definition) is 3. The molecule has 0 spiro atoms. The Labute approximate surface area is 125 Å². The van der Waals surface area contributed by atoms with Gasteiger partial charge in [-0.05, 0) is 25.0 Å². The van der Waals surface area contributed by atoms with Crippen LogP contribution >= 0.6 is 22.3 Å². The molecule has 0 radical (unpaired) electrons. The van der Waals surface area contributed by atoms with Gasteiger partial charge in [-0.25, -0.2) is 12.8 Å². The van der Waals surface area contributed by atoms with E-state index in [9.17, 15) is 17.6 Å². The van der Waals surface area contributed by atoms with Gasteiger partial charge in [0.25, 0.3) is 15.0 Å². The van der Waals surface area contributed by atoms with E-state index >= 15 is 0 Å². The molecule has 1 aromatic carbocycles. The lowest BCUT2D eigenvalue weighted by atomic mass is 10.1. The van der Waals surface area contributed by atoms with E-state index in [1.54, 1.807) is 0 Å². The molecule has 4 nitrogen and oxygen atoms in total. The van der Waals surface area contributed by atoms with Gasteiger partial charge in [0.15, 0.2) is 0 Å². The quantitative estimate of drug-likeness (QED) is 0.860. The van der Waals surface area contributed by atoms with E-state index < -0.39 is 25.7 Å². The molecule has 1 N–H and O–H groups in total. The van der Waals surface area contributed by atoms with E-state index in [1.165, 1.54) is 0 Å². The highest BCUT2D eigenvalue weighted by Crippen LogP contribution is 2.27. The number of amides is 1. The molecule has 0 heterocycles. The van der Waals surface area contributed by atoms with Crippen molar-refractivity contribution in [2.24, 2.45) is 0 Å². The van der Waals surface area contributed by atoms with Gasteiger partial charge in [0, 0.05) is 16.7 Å². The molecular weight excluding hydrogens is 328 g/mol. The summed E-state index contributed by atoms with van der Waals surface area (Å²) in [6.45, 7) is 0. The van der Waals surface area contributed by atoms with Crippen LogP contribution < -0.4 is 5.32 Å². The first-order valence-corrected chi connectivity index (χ1v) is 8.72. The van der Waals surface area contributed by atoms with Crippen molar-refractivity contribution >= 4 is 37.2 Å². The lowest BCUT2D eigenvalue weighted by Crippen LogP contribution is -2.32. The van der Waals surface area contributed by atoms with E-state index in [4.69, 9.17) is 22.3 Å². The zero-order chi connectivity index (χ0) is 14.9. The molecule has 8 heteroatoms. The highest BCUT2D eigenvalue weighted by molar-refractivity contribution is 8.13. The Morgan fingerprint density at radius 2 is 1.90 bits per heavy atom. The van der Waals surface area contributed by atoms with Gasteiger partial charge in [0.05, 0.1) is 10.6 Å². The molecule has 0 aromatic heterocycles. The zero-order valence-corrected chi connectivity index (χ0v) is 12.7. The number of carbonyl (C=O) groups is 1. The Morgan fingerprint density at radius 3 is 2.45 bits per heavy atom. The average molecular weight is 340 g/mol. The molecule has 1 saturated carbocycles. The van der Waals surface area contributed by atoms with Crippen molar-refractivity contribution in [1.82, 2.24) is 5.32 Å². The van der Waals surface area contributed by atoms with E-state index in [0.717, 1.165) is 37.8 Å². The third-order valence-corrected chi connectivity index (χ3v) is 4.87. The number of benzene rings is 1. The predicted octanol–water partition coefficient (Wildman–Crippen LogP) is 3.08. The number of nitrogens with one attached hydrogen (secondary N) is 1. The smallest absolute Gasteiger partial charge is 0.264 e. The average Bonchev–Trinajstić information content (AvgIpc) is 2.79. The van der Waals surface area contributed by atoms with Crippen LogP contribution in [0.25, 0.3) is 0 Å². The summed E-state index contributed by atoms with van der Waals surface area (Å²) < 4.78 is 36.0. The topological polar surface area (TPSA) is 63.2 Å². The van der Waals surface area contributed by atoms with Crippen LogP contribution in [-0.2, 0) is 9.05 Å². The minimum absolute atomic E-state index is 0.0414. The van der Waals surface area contributed by atoms with Crippen LogP contribution in [0.15, 0.2) is 17.0 Å². The lowest BCUT2D eigenvalue weighted by Gasteiger charge is -2.13. The van der Waals surface area contributed by atoms with Crippen molar-refractivity contribution in [3.63, 3.8) is 0 Å². The van der Waals surface area contributed by atoms with Crippen LogP contribution in [0.4, 0.5) is 4.39 Å². The molecule has 1 aromatic rings. The maximum atomic E-state index is 13.5. The van der Waals surface area contributed by atoms with Crippen LogP contribution in [0.3, 0.4) is 0 Å². The second kappa shape index (κ2) is 5.87. The molecule has 110 valence electrons. The molecule has 1 aliphatic carbocycles. The molecule has 20 heavy (non-hydrogen) atoms. The first kappa shape index (κ1) is 15.5. The SMILES string of the molecule is O=C(NC1CCCC1)c1cc(S(=O)(=O)Cl)c(F)cc1Cl. The second-order valence-corrected chi connectivity index (χ2v) is 7.60. The van der Waals surface area contributed by atoms with Crippen molar-refractivity contribution < 1.29 is 17.6 Å². The molecule has 0 bridgehead atoms. The fourth-order valence-corrected chi connectivity index (χ4v) is 3.36. The van der Waals surface area contributed by atoms with Crippen LogP contribution in [-0.4, -0.2) is 20.4 Å². The summed E-state index contributed by atoms with van der Waals surface area (Å²) in [6.07, 6.45) is 3.79. The van der Waals surface area contributed by atoms with Gasteiger partial charge in [-0.2, -0.15) is 0 Å². The fourth-order valence-electron chi connectivity index (χ4n) is 2.22. The molecule has 1 fully saturated rings. The second-order valence-electron chi connectivity index (χ2n) is 4.66. The summed E-state index contributed by atoms with van der Waals surface area (Å²) in [4.78, 5) is 11.3. The van der Waals surface area contributed by atoms with Gasteiger partial charge in [-0.15, -0.1) is 0 Å². The number of carbonyl (C=O) groups excluding carboxylic acids is 1. The summed E-state index contributed by atoms with van der Waals surface area (Å²) >= 11 is 5.79. The first-order valence-electron chi connectivity index (χ1n) is 6.03. The number of rotatable bonds is 3. The van der Waals surface area contributed by atoms with Gasteiger partial charge in [0.2, 0.25) is 0 Å². The van der Waals surface area contributed by atoms with Gasteiger partial charge < -0.3 is 5.32 Å². The lowest BCUT2D eigenvalue weighted by molar-refractivity contribution is 0.0937. The summed E-state index contributed by atoms with van der Waals surface area (Å²) in [6, 6.07) is 1.68. The Balaban J connectivity index is 2.33. The van der Waals surface area contributed by atoms with E-state index in [1.807, 2.05) is 0 Å². The summed E-state index contributed by atoms with van der Waals surface area (Å²) in [5.41, 5.74) is -0.0980. The maximum absolute atomic E-state index is 13.5. The molecule has 0 aliphatic heterocycles. The van der Waals surface area contributed by atoms with Crippen LogP contribution in [0.5, 0.6) is 0 Å². The number of hydrogen-bond donors (Lipinski definition) is 1. The van der Waals surface area contributed by atoms with Gasteiger partial charge >= 0.3 is 0 Å². The maximum Gasteiger partial charge on any atom is 0.264 e. The first-order chi connectivity index (χ1) is 9.29. The predicted molar refractivity (Wildman–Crippen MR) is 74.2 cm³/mol. The summed E-state index contributed by atoms with van der Waals surface area (Å²) in [5.74, 6) is -1.61. The Morgan fingerprint density at radius 1 is 1.30 bits per heavy atom. The van der Waals surface area contributed by atoms with E-state index in [2.05, 4.69) is 5.32 Å². The highest BCUT2D eigenvalue weighted by atomic mass is 35.7.